The molecule has 1 radical (unpaired) electrons. The van der Waals surface area contributed by atoms with Gasteiger partial charge < -0.3 is 0 Å². The van der Waals surface area contributed by atoms with E-state index in [1.165, 1.54) is 25.0 Å². The summed E-state index contributed by atoms with van der Waals surface area (Å²) < 4.78 is 0. The second-order valence-electron chi connectivity index (χ2n) is 2.92. The van der Waals surface area contributed by atoms with Crippen molar-refractivity contribution in [1.82, 2.24) is 5.32 Å². The molecule has 0 unspecified atom stereocenters. The third-order valence-corrected chi connectivity index (χ3v) is 2.45. The van der Waals surface area contributed by atoms with Crippen LogP contribution in [0.1, 0.15) is 19.3 Å². The zero-order valence-electron chi connectivity index (χ0n) is 6.68. The molecule has 1 aliphatic rings. The van der Waals surface area contributed by atoms with Crippen molar-refractivity contribution in [3.63, 3.8) is 0 Å². The molecule has 0 aliphatic heterocycles. The average Bonchev–Trinajstić information content (AvgIpc) is 2.71. The van der Waals surface area contributed by atoms with E-state index in [1.54, 1.807) is 0 Å². The fraction of sp³-hybridized carbons (Fsp3) is 1.00. The number of thioether (sulfide) groups is 1. The van der Waals surface area contributed by atoms with E-state index in [9.17, 15) is 0 Å². The lowest BCUT2D eigenvalue weighted by Gasteiger charge is -1.98. The van der Waals surface area contributed by atoms with Gasteiger partial charge >= 0.3 is 0 Å². The van der Waals surface area contributed by atoms with Gasteiger partial charge in [-0.2, -0.15) is 11.8 Å². The van der Waals surface area contributed by atoms with Crippen LogP contribution in [0.15, 0.2) is 0 Å². The van der Waals surface area contributed by atoms with Crippen LogP contribution in [-0.4, -0.2) is 25.1 Å². The molecule has 1 fully saturated rings. The first-order valence-electron chi connectivity index (χ1n) is 4.05. The molecule has 0 atom stereocenters. The van der Waals surface area contributed by atoms with Crippen molar-refractivity contribution in [2.75, 3.05) is 25.1 Å². The highest BCUT2D eigenvalue weighted by atomic mass is 32.2. The second-order valence-corrected chi connectivity index (χ2v) is 3.91. The van der Waals surface area contributed by atoms with E-state index in [1.807, 2.05) is 11.8 Å². The van der Waals surface area contributed by atoms with Crippen molar-refractivity contribution in [3.05, 3.63) is 0 Å². The monoisotopic (exact) mass is 158 g/mol. The Morgan fingerprint density at radius 2 is 2.30 bits per heavy atom. The summed E-state index contributed by atoms with van der Waals surface area (Å²) in [6, 6.07) is 0. The Morgan fingerprint density at radius 1 is 1.50 bits per heavy atom. The molecular weight excluding hydrogens is 142 g/mol. The van der Waals surface area contributed by atoms with E-state index < -0.39 is 0 Å². The molecule has 0 aromatic carbocycles. The summed E-state index contributed by atoms with van der Waals surface area (Å²) in [6.45, 7) is 2.24. The predicted molar refractivity (Wildman–Crippen MR) is 47.6 cm³/mol. The molecule has 0 aromatic rings. The number of hydrogen-bond donors (Lipinski definition) is 0. The Hall–Kier alpha value is 0.310. The number of rotatable bonds is 6. The Balaban J connectivity index is 1.68. The van der Waals surface area contributed by atoms with Gasteiger partial charge in [0.1, 0.15) is 0 Å². The lowest BCUT2D eigenvalue weighted by molar-refractivity contribution is 0.620. The van der Waals surface area contributed by atoms with Crippen molar-refractivity contribution in [2.24, 2.45) is 5.92 Å². The molecule has 1 saturated carbocycles. The van der Waals surface area contributed by atoms with Crippen molar-refractivity contribution in [3.8, 4) is 0 Å². The highest BCUT2D eigenvalue weighted by Gasteiger charge is 2.20. The third kappa shape index (κ3) is 4.18. The second kappa shape index (κ2) is 5.03. The van der Waals surface area contributed by atoms with Crippen LogP contribution >= 0.6 is 11.8 Å². The van der Waals surface area contributed by atoms with Gasteiger partial charge in [-0.05, 0) is 37.2 Å². The first-order valence-corrected chi connectivity index (χ1v) is 5.45. The Bertz CT molecular complexity index is 81.3. The highest BCUT2D eigenvalue weighted by Crippen LogP contribution is 2.27. The zero-order chi connectivity index (χ0) is 7.23. The minimum atomic E-state index is 0.981. The van der Waals surface area contributed by atoms with E-state index in [2.05, 4.69) is 11.6 Å². The molecule has 0 spiro atoms. The highest BCUT2D eigenvalue weighted by molar-refractivity contribution is 7.98. The van der Waals surface area contributed by atoms with Crippen LogP contribution in [0.4, 0.5) is 0 Å². The van der Waals surface area contributed by atoms with Crippen molar-refractivity contribution >= 4 is 11.8 Å². The van der Waals surface area contributed by atoms with Crippen LogP contribution in [0.25, 0.3) is 0 Å². The van der Waals surface area contributed by atoms with Gasteiger partial charge in [0.2, 0.25) is 0 Å². The van der Waals surface area contributed by atoms with Gasteiger partial charge in [-0.3, -0.25) is 0 Å². The lowest BCUT2D eigenvalue weighted by Crippen LogP contribution is -2.10. The lowest BCUT2D eigenvalue weighted by atomic mass is 10.4. The zero-order valence-corrected chi connectivity index (χ0v) is 7.49. The van der Waals surface area contributed by atoms with Gasteiger partial charge in [0, 0.05) is 13.1 Å². The van der Waals surface area contributed by atoms with Crippen LogP contribution < -0.4 is 5.32 Å². The summed E-state index contributed by atoms with van der Waals surface area (Å²) in [6.07, 6.45) is 6.30. The van der Waals surface area contributed by atoms with Crippen molar-refractivity contribution < 1.29 is 0 Å². The minimum absolute atomic E-state index is 0.981. The van der Waals surface area contributed by atoms with Crippen molar-refractivity contribution in [2.45, 2.75) is 19.3 Å². The van der Waals surface area contributed by atoms with Gasteiger partial charge in [-0.15, -0.1) is 0 Å². The molecule has 0 bridgehead atoms. The molecule has 0 amide bonds. The first-order chi connectivity index (χ1) is 4.93. The summed E-state index contributed by atoms with van der Waals surface area (Å²) in [5.74, 6) is 2.25. The largest absolute Gasteiger partial charge is 0.241 e. The smallest absolute Gasteiger partial charge is 0.0161 e. The molecule has 1 aliphatic carbocycles. The van der Waals surface area contributed by atoms with E-state index in [4.69, 9.17) is 0 Å². The fourth-order valence-corrected chi connectivity index (χ4v) is 1.31. The van der Waals surface area contributed by atoms with Gasteiger partial charge in [0.25, 0.3) is 0 Å². The van der Waals surface area contributed by atoms with E-state index in [0.717, 1.165) is 19.0 Å². The molecule has 0 N–H and O–H groups in total. The number of hydrogen-bond acceptors (Lipinski definition) is 1. The van der Waals surface area contributed by atoms with E-state index >= 15 is 0 Å². The molecule has 59 valence electrons. The standard InChI is InChI=1S/C8H16NS/c1-10-6-2-5-9-7-8-3-4-8/h8H,2-7H2,1H3. The number of nitrogens with zero attached hydrogens (tertiary/aromatic N) is 1. The maximum Gasteiger partial charge on any atom is 0.0161 e. The average molecular weight is 158 g/mol. The molecule has 1 nitrogen and oxygen atoms in total. The summed E-state index contributed by atoms with van der Waals surface area (Å²) in [5, 5.41) is 4.46. The molecule has 0 heterocycles. The normalized spacial score (nSPS) is 17.7. The third-order valence-electron chi connectivity index (χ3n) is 1.75. The van der Waals surface area contributed by atoms with Crippen LogP contribution in [-0.2, 0) is 0 Å². The first kappa shape index (κ1) is 8.41. The van der Waals surface area contributed by atoms with Crippen LogP contribution in [0.3, 0.4) is 0 Å². The molecule has 0 saturated heterocycles. The van der Waals surface area contributed by atoms with Crippen LogP contribution in [0.2, 0.25) is 0 Å². The maximum absolute atomic E-state index is 4.46. The molecule has 1 rings (SSSR count). The molecule has 2 heteroatoms. The van der Waals surface area contributed by atoms with Crippen LogP contribution in [0.5, 0.6) is 0 Å². The summed E-state index contributed by atoms with van der Waals surface area (Å²) >= 11 is 1.92. The quantitative estimate of drug-likeness (QED) is 0.537. The van der Waals surface area contributed by atoms with E-state index in [0.29, 0.717) is 0 Å². The van der Waals surface area contributed by atoms with Crippen molar-refractivity contribution in [1.29, 1.82) is 0 Å². The predicted octanol–water partition coefficient (Wildman–Crippen LogP) is 1.75. The van der Waals surface area contributed by atoms with Crippen LogP contribution in [0, 0.1) is 5.92 Å². The topological polar surface area (TPSA) is 14.1 Å². The Morgan fingerprint density at radius 3 is 2.90 bits per heavy atom. The summed E-state index contributed by atoms with van der Waals surface area (Å²) in [7, 11) is 0. The molecule has 10 heavy (non-hydrogen) atoms. The summed E-state index contributed by atoms with van der Waals surface area (Å²) in [5.41, 5.74) is 0. The fourth-order valence-electron chi connectivity index (χ4n) is 0.895. The van der Waals surface area contributed by atoms with E-state index in [-0.39, 0.29) is 0 Å². The van der Waals surface area contributed by atoms with Gasteiger partial charge in [-0.25, -0.2) is 5.32 Å². The van der Waals surface area contributed by atoms with Gasteiger partial charge in [0.05, 0.1) is 0 Å². The molecule has 0 aromatic heterocycles. The molecular formula is C8H16NS. The minimum Gasteiger partial charge on any atom is -0.241 e. The van der Waals surface area contributed by atoms with Gasteiger partial charge in [0.15, 0.2) is 0 Å². The Kier molecular flexibility index (Phi) is 4.23. The maximum atomic E-state index is 4.46. The summed E-state index contributed by atoms with van der Waals surface area (Å²) in [4.78, 5) is 0. The van der Waals surface area contributed by atoms with Gasteiger partial charge in [-0.1, -0.05) is 0 Å². The SMILES string of the molecule is CSCCC[N]CC1CC1. The Labute approximate surface area is 68.0 Å².